The fraction of sp³-hybridized carbons (Fsp3) is 0.0714. The Morgan fingerprint density at radius 1 is 0.842 bits per heavy atom. The maximum absolute atomic E-state index is 12.5. The molecular weight excluding hydrogens is 568 g/mol. The quantitative estimate of drug-likeness (QED) is 0.188. The van der Waals surface area contributed by atoms with Crippen LogP contribution in [0.2, 0.25) is 0 Å². The molecule has 0 heterocycles. The molecule has 0 aliphatic rings. The molecule has 0 aromatic heterocycles. The number of hydrogen-bond acceptors (Lipinski definition) is 5. The van der Waals surface area contributed by atoms with E-state index >= 15 is 0 Å². The number of benzene rings is 4. The minimum atomic E-state index is -0.495. The van der Waals surface area contributed by atoms with Crippen molar-refractivity contribution in [2.24, 2.45) is 0 Å². The third-order valence-electron chi connectivity index (χ3n) is 5.52. The predicted octanol–water partition coefficient (Wildman–Crippen LogP) is 4.88. The van der Waals surface area contributed by atoms with Crippen molar-refractivity contribution < 1.29 is 19.1 Å². The highest BCUT2D eigenvalue weighted by molar-refractivity contribution is 9.10. The van der Waals surface area contributed by atoms with Gasteiger partial charge in [-0.2, -0.15) is 0 Å². The summed E-state index contributed by atoms with van der Waals surface area (Å²) in [5.74, 6) is -0.690. The molecule has 8 nitrogen and oxygen atoms in total. The smallest absolute Gasteiger partial charge is 0.269 e. The Morgan fingerprint density at radius 2 is 1.55 bits per heavy atom. The highest BCUT2D eigenvalue weighted by atomic mass is 79.9. The summed E-state index contributed by atoms with van der Waals surface area (Å²) in [6.07, 6.45) is 0. The molecule has 4 rings (SSSR count). The third kappa shape index (κ3) is 6.72. The molecule has 4 aromatic carbocycles. The largest absolute Gasteiger partial charge is 0.483 e. The maximum atomic E-state index is 12.5. The standard InChI is InChI=1S/C28H23BrN4O4S/c1-17-6-2-4-8-21(17)27(36)30-20-13-10-19(11-14-20)26(35)32-33-28(38)31-24(34)16-37-23-15-12-18-7-3-5-9-22(18)25(23)29/h2-15H,16H2,1H3,(H,30,36)(H,32,35)(H2,31,33,34,38). The number of ether oxygens (including phenoxy) is 1. The van der Waals surface area contributed by atoms with Crippen LogP contribution in [0.25, 0.3) is 10.8 Å². The van der Waals surface area contributed by atoms with E-state index in [2.05, 4.69) is 37.4 Å². The average Bonchev–Trinajstić information content (AvgIpc) is 2.92. The summed E-state index contributed by atoms with van der Waals surface area (Å²) < 4.78 is 6.36. The van der Waals surface area contributed by atoms with Crippen LogP contribution in [0.15, 0.2) is 89.4 Å². The Hall–Kier alpha value is -4.28. The number of nitrogens with one attached hydrogen (secondary N) is 4. The number of hydrogen-bond donors (Lipinski definition) is 4. The van der Waals surface area contributed by atoms with Gasteiger partial charge in [0.05, 0.1) is 4.47 Å². The van der Waals surface area contributed by atoms with Gasteiger partial charge in [0, 0.05) is 16.8 Å². The van der Waals surface area contributed by atoms with Crippen molar-refractivity contribution in [3.05, 3.63) is 106 Å². The van der Waals surface area contributed by atoms with Crippen LogP contribution in [0.5, 0.6) is 5.75 Å². The van der Waals surface area contributed by atoms with Crippen LogP contribution in [0.3, 0.4) is 0 Å². The molecule has 0 aliphatic heterocycles. The molecule has 192 valence electrons. The minimum absolute atomic E-state index is 0.0911. The van der Waals surface area contributed by atoms with Crippen molar-refractivity contribution in [2.75, 3.05) is 11.9 Å². The number of anilines is 1. The summed E-state index contributed by atoms with van der Waals surface area (Å²) in [6, 6.07) is 25.1. The molecule has 0 saturated carbocycles. The second-order valence-electron chi connectivity index (χ2n) is 8.19. The van der Waals surface area contributed by atoms with Crippen molar-refractivity contribution in [1.82, 2.24) is 16.2 Å². The summed E-state index contributed by atoms with van der Waals surface area (Å²) in [6.45, 7) is 1.58. The minimum Gasteiger partial charge on any atom is -0.483 e. The van der Waals surface area contributed by atoms with Crippen LogP contribution in [0.4, 0.5) is 5.69 Å². The van der Waals surface area contributed by atoms with Gasteiger partial charge in [0.2, 0.25) is 0 Å². The molecule has 0 fully saturated rings. The Labute approximate surface area is 232 Å². The van der Waals surface area contributed by atoms with Gasteiger partial charge in [0.25, 0.3) is 17.7 Å². The lowest BCUT2D eigenvalue weighted by Gasteiger charge is -2.13. The van der Waals surface area contributed by atoms with Gasteiger partial charge in [-0.25, -0.2) is 0 Å². The Bertz CT molecular complexity index is 1530. The molecule has 0 spiro atoms. The first-order valence-electron chi connectivity index (χ1n) is 11.5. The van der Waals surface area contributed by atoms with E-state index in [0.29, 0.717) is 22.6 Å². The van der Waals surface area contributed by atoms with Crippen LogP contribution in [0.1, 0.15) is 26.3 Å². The first kappa shape index (κ1) is 26.8. The van der Waals surface area contributed by atoms with E-state index in [1.165, 1.54) is 0 Å². The molecule has 3 amide bonds. The fourth-order valence-corrected chi connectivity index (χ4v) is 4.35. The summed E-state index contributed by atoms with van der Waals surface area (Å²) >= 11 is 8.59. The van der Waals surface area contributed by atoms with Crippen LogP contribution < -0.4 is 26.2 Å². The number of rotatable bonds is 6. The number of amides is 3. The highest BCUT2D eigenvalue weighted by Gasteiger charge is 2.12. The molecule has 38 heavy (non-hydrogen) atoms. The van der Waals surface area contributed by atoms with Crippen LogP contribution in [-0.2, 0) is 4.79 Å². The molecule has 0 radical (unpaired) electrons. The van der Waals surface area contributed by atoms with E-state index in [1.807, 2.05) is 49.4 Å². The van der Waals surface area contributed by atoms with E-state index in [-0.39, 0.29) is 17.6 Å². The van der Waals surface area contributed by atoms with Crippen LogP contribution in [-0.4, -0.2) is 29.4 Å². The van der Waals surface area contributed by atoms with E-state index < -0.39 is 11.8 Å². The summed E-state index contributed by atoms with van der Waals surface area (Å²) in [5, 5.41) is 7.16. The summed E-state index contributed by atoms with van der Waals surface area (Å²) in [7, 11) is 0. The summed E-state index contributed by atoms with van der Waals surface area (Å²) in [4.78, 5) is 37.1. The zero-order valence-corrected chi connectivity index (χ0v) is 22.6. The van der Waals surface area contributed by atoms with Crippen molar-refractivity contribution in [2.45, 2.75) is 6.92 Å². The number of fused-ring (bicyclic) bond motifs is 1. The zero-order valence-electron chi connectivity index (χ0n) is 20.2. The van der Waals surface area contributed by atoms with Gasteiger partial charge < -0.3 is 10.1 Å². The fourth-order valence-electron chi connectivity index (χ4n) is 3.58. The van der Waals surface area contributed by atoms with Gasteiger partial charge in [0.1, 0.15) is 5.75 Å². The van der Waals surface area contributed by atoms with E-state index in [9.17, 15) is 14.4 Å². The predicted molar refractivity (Wildman–Crippen MR) is 154 cm³/mol. The van der Waals surface area contributed by atoms with Crippen LogP contribution in [0, 0.1) is 6.92 Å². The van der Waals surface area contributed by atoms with Crippen molar-refractivity contribution in [3.8, 4) is 5.75 Å². The van der Waals surface area contributed by atoms with Crippen molar-refractivity contribution >= 4 is 67.4 Å². The Balaban J connectivity index is 1.23. The lowest BCUT2D eigenvalue weighted by Crippen LogP contribution is -2.49. The van der Waals surface area contributed by atoms with Crippen molar-refractivity contribution in [1.29, 1.82) is 0 Å². The van der Waals surface area contributed by atoms with Gasteiger partial charge in [0.15, 0.2) is 11.7 Å². The molecule has 0 bridgehead atoms. The topological polar surface area (TPSA) is 109 Å². The van der Waals surface area contributed by atoms with E-state index in [1.54, 1.807) is 42.5 Å². The maximum Gasteiger partial charge on any atom is 0.269 e. The van der Waals surface area contributed by atoms with Crippen LogP contribution >= 0.6 is 28.1 Å². The highest BCUT2D eigenvalue weighted by Crippen LogP contribution is 2.32. The first-order valence-corrected chi connectivity index (χ1v) is 12.7. The van der Waals surface area contributed by atoms with Gasteiger partial charge in [-0.05, 0) is 87.8 Å². The molecule has 0 atom stereocenters. The Kier molecular flexibility index (Phi) is 8.67. The van der Waals surface area contributed by atoms with E-state index in [0.717, 1.165) is 20.8 Å². The van der Waals surface area contributed by atoms with Crippen molar-refractivity contribution in [3.63, 3.8) is 0 Å². The number of thiocarbonyl (C=S) groups is 1. The molecule has 4 N–H and O–H groups in total. The van der Waals surface area contributed by atoms with Gasteiger partial charge in [-0.1, -0.05) is 48.5 Å². The number of carbonyl (C=O) groups is 3. The lowest BCUT2D eigenvalue weighted by molar-refractivity contribution is -0.121. The molecule has 0 saturated heterocycles. The molecular formula is C28H23BrN4O4S. The molecule has 0 aliphatic carbocycles. The van der Waals surface area contributed by atoms with Gasteiger partial charge in [-0.3, -0.25) is 30.6 Å². The van der Waals surface area contributed by atoms with Gasteiger partial charge >= 0.3 is 0 Å². The third-order valence-corrected chi connectivity index (χ3v) is 6.55. The molecule has 0 unspecified atom stereocenters. The molecule has 4 aromatic rings. The summed E-state index contributed by atoms with van der Waals surface area (Å²) in [5.41, 5.74) is 7.21. The first-order chi connectivity index (χ1) is 18.3. The zero-order chi connectivity index (χ0) is 27.1. The lowest BCUT2D eigenvalue weighted by atomic mass is 10.1. The SMILES string of the molecule is Cc1ccccc1C(=O)Nc1ccc(C(=O)NNC(=S)NC(=O)COc2ccc3ccccc3c2Br)cc1. The number of carbonyl (C=O) groups excluding carboxylic acids is 3. The Morgan fingerprint density at radius 3 is 2.32 bits per heavy atom. The second kappa shape index (κ2) is 12.3. The molecule has 10 heteroatoms. The number of aryl methyl sites for hydroxylation is 1. The van der Waals surface area contributed by atoms with E-state index in [4.69, 9.17) is 17.0 Å². The number of halogens is 1. The normalized spacial score (nSPS) is 10.4. The second-order valence-corrected chi connectivity index (χ2v) is 9.39. The average molecular weight is 591 g/mol. The monoisotopic (exact) mass is 590 g/mol. The van der Waals surface area contributed by atoms with Gasteiger partial charge in [-0.15, -0.1) is 0 Å². The number of hydrazine groups is 1.